The lowest BCUT2D eigenvalue weighted by molar-refractivity contribution is 0.393. The molecule has 78 valence electrons. The predicted molar refractivity (Wildman–Crippen MR) is 64.3 cm³/mol. The SMILES string of the molecule is CN1C=CC(Cl)=C(c2ccc(Cl)cc2)N1. The van der Waals surface area contributed by atoms with E-state index in [-0.39, 0.29) is 0 Å². The number of allylic oxidation sites excluding steroid dienone is 2. The fraction of sp³-hybridized carbons (Fsp3) is 0.0909. The largest absolute Gasteiger partial charge is 0.298 e. The van der Waals surface area contributed by atoms with Gasteiger partial charge in [-0.15, -0.1) is 0 Å². The van der Waals surface area contributed by atoms with Gasteiger partial charge < -0.3 is 0 Å². The van der Waals surface area contributed by atoms with Gasteiger partial charge in [0.05, 0.1) is 10.7 Å². The van der Waals surface area contributed by atoms with Crippen molar-refractivity contribution in [2.24, 2.45) is 0 Å². The Hall–Kier alpha value is -1.12. The van der Waals surface area contributed by atoms with Crippen LogP contribution in [0, 0.1) is 0 Å². The molecule has 0 amide bonds. The van der Waals surface area contributed by atoms with Crippen molar-refractivity contribution < 1.29 is 0 Å². The molecule has 2 nitrogen and oxygen atoms in total. The summed E-state index contributed by atoms with van der Waals surface area (Å²) in [6.07, 6.45) is 3.71. The first kappa shape index (κ1) is 10.4. The van der Waals surface area contributed by atoms with Gasteiger partial charge >= 0.3 is 0 Å². The number of hydrazine groups is 1. The van der Waals surface area contributed by atoms with Gasteiger partial charge in [0, 0.05) is 23.8 Å². The lowest BCUT2D eigenvalue weighted by Gasteiger charge is -2.24. The second-order valence-corrected chi connectivity index (χ2v) is 4.11. The summed E-state index contributed by atoms with van der Waals surface area (Å²) in [5, 5.41) is 3.25. The van der Waals surface area contributed by atoms with Gasteiger partial charge in [-0.05, 0) is 18.2 Å². The van der Waals surface area contributed by atoms with Gasteiger partial charge in [0.2, 0.25) is 0 Å². The molecule has 0 aliphatic carbocycles. The Morgan fingerprint density at radius 2 is 1.80 bits per heavy atom. The molecule has 1 N–H and O–H groups in total. The Labute approximate surface area is 98.8 Å². The van der Waals surface area contributed by atoms with Gasteiger partial charge in [-0.25, -0.2) is 0 Å². The minimum Gasteiger partial charge on any atom is -0.298 e. The normalized spacial score (nSPS) is 15.5. The van der Waals surface area contributed by atoms with Gasteiger partial charge in [-0.2, -0.15) is 0 Å². The lowest BCUT2D eigenvalue weighted by Crippen LogP contribution is -2.30. The van der Waals surface area contributed by atoms with E-state index in [9.17, 15) is 0 Å². The molecule has 0 saturated heterocycles. The number of rotatable bonds is 1. The van der Waals surface area contributed by atoms with Crippen molar-refractivity contribution in [1.29, 1.82) is 0 Å². The summed E-state index contributed by atoms with van der Waals surface area (Å²) in [6.45, 7) is 0. The number of halogens is 2. The van der Waals surface area contributed by atoms with Crippen molar-refractivity contribution in [2.75, 3.05) is 7.05 Å². The van der Waals surface area contributed by atoms with Crippen molar-refractivity contribution in [2.45, 2.75) is 0 Å². The number of nitrogens with one attached hydrogen (secondary N) is 1. The highest BCUT2D eigenvalue weighted by atomic mass is 35.5. The van der Waals surface area contributed by atoms with Crippen LogP contribution in [0.15, 0.2) is 41.6 Å². The molecule has 1 heterocycles. The molecule has 1 aliphatic rings. The first-order valence-electron chi connectivity index (χ1n) is 4.50. The van der Waals surface area contributed by atoms with Crippen molar-refractivity contribution >= 4 is 28.9 Å². The minimum atomic E-state index is 0.690. The average Bonchev–Trinajstić information content (AvgIpc) is 2.23. The fourth-order valence-corrected chi connectivity index (χ4v) is 1.68. The quantitative estimate of drug-likeness (QED) is 0.812. The monoisotopic (exact) mass is 240 g/mol. The molecule has 0 bridgehead atoms. The Kier molecular flexibility index (Phi) is 2.89. The second kappa shape index (κ2) is 4.17. The molecule has 4 heteroatoms. The van der Waals surface area contributed by atoms with Crippen LogP contribution < -0.4 is 5.43 Å². The Morgan fingerprint density at radius 1 is 1.13 bits per heavy atom. The molecule has 0 radical (unpaired) electrons. The Bertz CT molecular complexity index is 421. The van der Waals surface area contributed by atoms with Crippen LogP contribution in [-0.4, -0.2) is 12.1 Å². The maximum absolute atomic E-state index is 6.09. The van der Waals surface area contributed by atoms with E-state index in [1.165, 1.54) is 0 Å². The van der Waals surface area contributed by atoms with E-state index < -0.39 is 0 Å². The van der Waals surface area contributed by atoms with E-state index in [0.29, 0.717) is 5.03 Å². The van der Waals surface area contributed by atoms with Gasteiger partial charge in [0.25, 0.3) is 0 Å². The van der Waals surface area contributed by atoms with E-state index >= 15 is 0 Å². The second-order valence-electron chi connectivity index (χ2n) is 3.27. The molecular formula is C11H10Cl2N2. The van der Waals surface area contributed by atoms with Crippen LogP contribution >= 0.6 is 23.2 Å². The summed E-state index contributed by atoms with van der Waals surface area (Å²) in [5.41, 5.74) is 5.05. The van der Waals surface area contributed by atoms with Crippen LogP contribution in [0.4, 0.5) is 0 Å². The minimum absolute atomic E-state index is 0.690. The highest BCUT2D eigenvalue weighted by Crippen LogP contribution is 2.24. The maximum Gasteiger partial charge on any atom is 0.0800 e. The van der Waals surface area contributed by atoms with E-state index in [0.717, 1.165) is 16.3 Å². The maximum atomic E-state index is 6.09. The molecule has 1 aromatic rings. The smallest absolute Gasteiger partial charge is 0.0800 e. The van der Waals surface area contributed by atoms with Crippen LogP contribution in [-0.2, 0) is 0 Å². The molecule has 2 rings (SSSR count). The van der Waals surface area contributed by atoms with Crippen molar-refractivity contribution in [3.8, 4) is 0 Å². The van der Waals surface area contributed by atoms with Crippen molar-refractivity contribution in [3.05, 3.63) is 52.2 Å². The van der Waals surface area contributed by atoms with Crippen molar-refractivity contribution in [1.82, 2.24) is 10.4 Å². The van der Waals surface area contributed by atoms with Gasteiger partial charge in [-0.3, -0.25) is 10.4 Å². The molecule has 0 spiro atoms. The molecular weight excluding hydrogens is 231 g/mol. The molecule has 1 aliphatic heterocycles. The number of benzene rings is 1. The van der Waals surface area contributed by atoms with Crippen LogP contribution in [0.25, 0.3) is 5.70 Å². The molecule has 0 unspecified atom stereocenters. The average molecular weight is 241 g/mol. The molecule has 15 heavy (non-hydrogen) atoms. The first-order chi connectivity index (χ1) is 7.16. The topological polar surface area (TPSA) is 15.3 Å². The zero-order valence-corrected chi connectivity index (χ0v) is 9.68. The fourth-order valence-electron chi connectivity index (χ4n) is 1.35. The van der Waals surface area contributed by atoms with Crippen LogP contribution in [0.5, 0.6) is 0 Å². The molecule has 0 saturated carbocycles. The third-order valence-electron chi connectivity index (χ3n) is 2.10. The first-order valence-corrected chi connectivity index (χ1v) is 5.26. The highest BCUT2D eigenvalue weighted by molar-refractivity contribution is 6.34. The van der Waals surface area contributed by atoms with Crippen molar-refractivity contribution in [3.63, 3.8) is 0 Å². The lowest BCUT2D eigenvalue weighted by atomic mass is 10.1. The van der Waals surface area contributed by atoms with E-state index in [4.69, 9.17) is 23.2 Å². The van der Waals surface area contributed by atoms with Gasteiger partial charge in [-0.1, -0.05) is 35.3 Å². The number of hydrogen-bond donors (Lipinski definition) is 1. The molecule has 0 aromatic heterocycles. The van der Waals surface area contributed by atoms with Crippen LogP contribution in [0.3, 0.4) is 0 Å². The van der Waals surface area contributed by atoms with Gasteiger partial charge in [0.1, 0.15) is 0 Å². The highest BCUT2D eigenvalue weighted by Gasteiger charge is 2.10. The number of hydrogen-bond acceptors (Lipinski definition) is 2. The summed E-state index contributed by atoms with van der Waals surface area (Å²) in [6, 6.07) is 7.54. The third-order valence-corrected chi connectivity index (χ3v) is 2.67. The summed E-state index contributed by atoms with van der Waals surface area (Å²) in [5.74, 6) is 0. The summed E-state index contributed by atoms with van der Waals surface area (Å²) < 4.78 is 0. The van der Waals surface area contributed by atoms with Gasteiger partial charge in [0.15, 0.2) is 0 Å². The zero-order valence-electron chi connectivity index (χ0n) is 8.17. The summed E-state index contributed by atoms with van der Waals surface area (Å²) in [4.78, 5) is 0. The Morgan fingerprint density at radius 3 is 2.47 bits per heavy atom. The van der Waals surface area contributed by atoms with Crippen LogP contribution in [0.1, 0.15) is 5.56 Å². The molecule has 1 aromatic carbocycles. The summed E-state index contributed by atoms with van der Waals surface area (Å²) in [7, 11) is 1.91. The molecule has 0 fully saturated rings. The predicted octanol–water partition coefficient (Wildman–Crippen LogP) is 3.21. The standard InChI is InChI=1S/C11H10Cl2N2/c1-15-7-6-10(13)11(14-15)8-2-4-9(12)5-3-8/h2-7,14H,1H3. The van der Waals surface area contributed by atoms with E-state index in [1.54, 1.807) is 0 Å². The molecule has 0 atom stereocenters. The van der Waals surface area contributed by atoms with E-state index in [1.807, 2.05) is 48.6 Å². The van der Waals surface area contributed by atoms with E-state index in [2.05, 4.69) is 5.43 Å². The number of nitrogens with zero attached hydrogens (tertiary/aromatic N) is 1. The Balaban J connectivity index is 2.38. The third kappa shape index (κ3) is 2.28. The summed E-state index contributed by atoms with van der Waals surface area (Å²) >= 11 is 11.9. The van der Waals surface area contributed by atoms with Crippen LogP contribution in [0.2, 0.25) is 5.02 Å². The zero-order chi connectivity index (χ0) is 10.8.